The molecule has 0 spiro atoms. The summed E-state index contributed by atoms with van der Waals surface area (Å²) in [4.78, 5) is 4.50. The van der Waals surface area contributed by atoms with Crippen LogP contribution in [0, 0.1) is 0 Å². The highest BCUT2D eigenvalue weighted by Crippen LogP contribution is 2.27. The van der Waals surface area contributed by atoms with Crippen molar-refractivity contribution in [3.8, 4) is 17.0 Å². The number of halogens is 2. The minimum Gasteiger partial charge on any atom is -0.435 e. The van der Waals surface area contributed by atoms with Gasteiger partial charge in [0.1, 0.15) is 5.75 Å². The van der Waals surface area contributed by atoms with Crippen LogP contribution in [0.15, 0.2) is 60.0 Å². The van der Waals surface area contributed by atoms with Crippen LogP contribution < -0.4 is 10.1 Å². The number of ether oxygens (including phenoxy) is 1. The van der Waals surface area contributed by atoms with Crippen molar-refractivity contribution < 1.29 is 13.5 Å². The van der Waals surface area contributed by atoms with E-state index in [1.807, 2.05) is 35.7 Å². The molecule has 0 fully saturated rings. The highest BCUT2D eigenvalue weighted by atomic mass is 32.1. The molecular weight excluding hydrogens is 318 g/mol. The molecule has 1 N–H and O–H groups in total. The number of hydrogen-bond donors (Lipinski definition) is 1. The molecule has 0 atom stereocenters. The van der Waals surface area contributed by atoms with Crippen molar-refractivity contribution in [2.75, 3.05) is 5.32 Å². The average molecular weight is 332 g/mol. The molecule has 0 aliphatic rings. The largest absolute Gasteiger partial charge is 0.435 e. The second-order valence-electron chi connectivity index (χ2n) is 4.78. The Hall–Kier alpha value is -2.47. The van der Waals surface area contributed by atoms with E-state index in [2.05, 4.69) is 15.0 Å². The molecule has 0 radical (unpaired) electrons. The number of nitrogens with one attached hydrogen (secondary N) is 1. The first kappa shape index (κ1) is 15.4. The zero-order chi connectivity index (χ0) is 16.1. The summed E-state index contributed by atoms with van der Waals surface area (Å²) in [7, 11) is 0. The van der Waals surface area contributed by atoms with Crippen molar-refractivity contribution in [2.45, 2.75) is 13.2 Å². The molecule has 0 amide bonds. The van der Waals surface area contributed by atoms with Gasteiger partial charge < -0.3 is 10.1 Å². The molecule has 118 valence electrons. The van der Waals surface area contributed by atoms with Crippen LogP contribution in [-0.4, -0.2) is 11.6 Å². The number of rotatable bonds is 6. The van der Waals surface area contributed by atoms with Crippen LogP contribution >= 0.6 is 11.3 Å². The van der Waals surface area contributed by atoms with Crippen LogP contribution in [0.4, 0.5) is 13.9 Å². The molecule has 0 saturated heterocycles. The molecule has 1 heterocycles. The minimum atomic E-state index is -2.81. The van der Waals surface area contributed by atoms with E-state index in [9.17, 15) is 8.78 Å². The maximum absolute atomic E-state index is 12.1. The Labute approximate surface area is 136 Å². The fourth-order valence-electron chi connectivity index (χ4n) is 2.07. The van der Waals surface area contributed by atoms with E-state index in [-0.39, 0.29) is 5.75 Å². The zero-order valence-electron chi connectivity index (χ0n) is 12.1. The van der Waals surface area contributed by atoms with E-state index >= 15 is 0 Å². The van der Waals surface area contributed by atoms with E-state index < -0.39 is 6.61 Å². The van der Waals surface area contributed by atoms with Crippen LogP contribution in [0.2, 0.25) is 0 Å². The Balaban J connectivity index is 1.64. The SMILES string of the molecule is FC(F)Oc1ccc(-c2csc(NCc3ccccc3)n2)cc1. The Kier molecular flexibility index (Phi) is 4.83. The van der Waals surface area contributed by atoms with E-state index in [1.165, 1.54) is 29.0 Å². The molecule has 0 bridgehead atoms. The van der Waals surface area contributed by atoms with Gasteiger partial charge in [0, 0.05) is 17.5 Å². The van der Waals surface area contributed by atoms with Crippen molar-refractivity contribution in [1.29, 1.82) is 0 Å². The van der Waals surface area contributed by atoms with Gasteiger partial charge in [-0.05, 0) is 29.8 Å². The molecule has 3 nitrogen and oxygen atoms in total. The topological polar surface area (TPSA) is 34.1 Å². The number of alkyl halides is 2. The van der Waals surface area contributed by atoms with E-state index in [4.69, 9.17) is 0 Å². The highest BCUT2D eigenvalue weighted by molar-refractivity contribution is 7.14. The van der Waals surface area contributed by atoms with Gasteiger partial charge in [-0.15, -0.1) is 11.3 Å². The maximum Gasteiger partial charge on any atom is 0.387 e. The average Bonchev–Trinajstić information content (AvgIpc) is 3.03. The Morgan fingerprint density at radius 3 is 2.48 bits per heavy atom. The number of anilines is 1. The lowest BCUT2D eigenvalue weighted by molar-refractivity contribution is -0.0498. The van der Waals surface area contributed by atoms with Gasteiger partial charge in [-0.25, -0.2) is 4.98 Å². The van der Waals surface area contributed by atoms with Gasteiger partial charge in [0.25, 0.3) is 0 Å². The molecule has 3 rings (SSSR count). The quantitative estimate of drug-likeness (QED) is 0.688. The van der Waals surface area contributed by atoms with Crippen molar-refractivity contribution in [3.05, 3.63) is 65.5 Å². The fourth-order valence-corrected chi connectivity index (χ4v) is 2.79. The zero-order valence-corrected chi connectivity index (χ0v) is 12.9. The van der Waals surface area contributed by atoms with Crippen molar-refractivity contribution in [2.24, 2.45) is 0 Å². The lowest BCUT2D eigenvalue weighted by atomic mass is 10.2. The lowest BCUT2D eigenvalue weighted by Gasteiger charge is -2.04. The van der Waals surface area contributed by atoms with Crippen LogP contribution in [0.25, 0.3) is 11.3 Å². The minimum absolute atomic E-state index is 0.140. The van der Waals surface area contributed by atoms with Gasteiger partial charge in [-0.3, -0.25) is 0 Å². The molecule has 0 unspecified atom stereocenters. The standard InChI is InChI=1S/C17H14F2N2OS/c18-16(19)22-14-8-6-13(7-9-14)15-11-23-17(21-15)20-10-12-4-2-1-3-5-12/h1-9,11,16H,10H2,(H,20,21). The van der Waals surface area contributed by atoms with Crippen molar-refractivity contribution in [1.82, 2.24) is 4.98 Å². The Bertz CT molecular complexity index is 745. The maximum atomic E-state index is 12.1. The first-order valence-electron chi connectivity index (χ1n) is 6.99. The molecule has 1 aromatic heterocycles. The van der Waals surface area contributed by atoms with Crippen molar-refractivity contribution >= 4 is 16.5 Å². The monoisotopic (exact) mass is 332 g/mol. The summed E-state index contributed by atoms with van der Waals surface area (Å²) >= 11 is 1.51. The van der Waals surface area contributed by atoms with Crippen LogP contribution in [0.5, 0.6) is 5.75 Å². The van der Waals surface area contributed by atoms with Gasteiger partial charge in [0.05, 0.1) is 5.69 Å². The molecule has 3 aromatic rings. The third-order valence-electron chi connectivity index (χ3n) is 3.17. The predicted octanol–water partition coefficient (Wildman–Crippen LogP) is 5.02. The Morgan fingerprint density at radius 1 is 1.04 bits per heavy atom. The van der Waals surface area contributed by atoms with E-state index in [0.29, 0.717) is 6.54 Å². The first-order chi connectivity index (χ1) is 11.2. The highest BCUT2D eigenvalue weighted by Gasteiger charge is 2.07. The normalized spacial score (nSPS) is 10.7. The molecule has 23 heavy (non-hydrogen) atoms. The number of thiazole rings is 1. The number of hydrogen-bond acceptors (Lipinski definition) is 4. The Morgan fingerprint density at radius 2 is 1.78 bits per heavy atom. The van der Waals surface area contributed by atoms with Crippen LogP contribution in [0.1, 0.15) is 5.56 Å². The number of aromatic nitrogens is 1. The summed E-state index contributed by atoms with van der Waals surface area (Å²) in [5, 5.41) is 6.02. The van der Waals surface area contributed by atoms with Gasteiger partial charge in [-0.1, -0.05) is 30.3 Å². The van der Waals surface area contributed by atoms with Gasteiger partial charge in [0.2, 0.25) is 0 Å². The summed E-state index contributed by atoms with van der Waals surface area (Å²) < 4.78 is 28.6. The second kappa shape index (κ2) is 7.19. The van der Waals surface area contributed by atoms with E-state index in [1.54, 1.807) is 12.1 Å². The summed E-state index contributed by atoms with van der Waals surface area (Å²) in [5.41, 5.74) is 2.84. The smallest absolute Gasteiger partial charge is 0.387 e. The first-order valence-corrected chi connectivity index (χ1v) is 7.87. The molecule has 0 saturated carbocycles. The summed E-state index contributed by atoms with van der Waals surface area (Å²) in [5.74, 6) is 0.140. The summed E-state index contributed by atoms with van der Waals surface area (Å²) in [6.45, 7) is -2.11. The summed E-state index contributed by atoms with van der Waals surface area (Å²) in [6.07, 6.45) is 0. The van der Waals surface area contributed by atoms with Crippen molar-refractivity contribution in [3.63, 3.8) is 0 Å². The molecule has 6 heteroatoms. The predicted molar refractivity (Wildman–Crippen MR) is 88.0 cm³/mol. The summed E-state index contributed by atoms with van der Waals surface area (Å²) in [6, 6.07) is 16.5. The molecule has 0 aliphatic heterocycles. The van der Waals surface area contributed by atoms with Gasteiger partial charge in [-0.2, -0.15) is 8.78 Å². The third kappa shape index (κ3) is 4.26. The van der Waals surface area contributed by atoms with Crippen LogP contribution in [-0.2, 0) is 6.54 Å². The lowest BCUT2D eigenvalue weighted by Crippen LogP contribution is -2.01. The third-order valence-corrected chi connectivity index (χ3v) is 3.97. The second-order valence-corrected chi connectivity index (χ2v) is 5.64. The molecular formula is C17H14F2N2OS. The number of benzene rings is 2. The fraction of sp³-hybridized carbons (Fsp3) is 0.118. The van der Waals surface area contributed by atoms with Gasteiger partial charge in [0.15, 0.2) is 5.13 Å². The van der Waals surface area contributed by atoms with Gasteiger partial charge >= 0.3 is 6.61 Å². The molecule has 0 aliphatic carbocycles. The number of nitrogens with zero attached hydrogens (tertiary/aromatic N) is 1. The molecule has 2 aromatic carbocycles. The van der Waals surface area contributed by atoms with Crippen LogP contribution in [0.3, 0.4) is 0 Å². The van der Waals surface area contributed by atoms with E-state index in [0.717, 1.165) is 16.4 Å².